The van der Waals surface area contributed by atoms with Gasteiger partial charge >= 0.3 is 0 Å². The van der Waals surface area contributed by atoms with Crippen LogP contribution in [0.2, 0.25) is 0 Å². The highest BCUT2D eigenvalue weighted by Gasteiger charge is 2.27. The Morgan fingerprint density at radius 1 is 1.11 bits per heavy atom. The Kier molecular flexibility index (Phi) is 9.22. The molecule has 0 amide bonds. The van der Waals surface area contributed by atoms with Gasteiger partial charge in [0, 0.05) is 17.3 Å². The van der Waals surface area contributed by atoms with E-state index in [-0.39, 0.29) is 0 Å². The molecule has 0 bridgehead atoms. The van der Waals surface area contributed by atoms with Gasteiger partial charge in [-0.2, -0.15) is 11.8 Å². The Morgan fingerprint density at radius 3 is 2.61 bits per heavy atom. The second-order valence-electron chi connectivity index (χ2n) is 5.80. The van der Waals surface area contributed by atoms with Crippen LogP contribution in [0.1, 0.15) is 78.6 Å². The van der Waals surface area contributed by atoms with E-state index in [1.54, 1.807) is 0 Å². The number of hydrogen-bond acceptors (Lipinski definition) is 2. The van der Waals surface area contributed by atoms with Crippen molar-refractivity contribution < 1.29 is 0 Å². The monoisotopic (exact) mass is 271 g/mol. The van der Waals surface area contributed by atoms with Crippen molar-refractivity contribution in [1.82, 2.24) is 5.32 Å². The summed E-state index contributed by atoms with van der Waals surface area (Å²) in [5, 5.41) is 4.77. The van der Waals surface area contributed by atoms with Gasteiger partial charge in [0.1, 0.15) is 0 Å². The molecule has 18 heavy (non-hydrogen) atoms. The number of nitrogens with one attached hydrogen (secondary N) is 1. The molecule has 3 atom stereocenters. The Bertz CT molecular complexity index is 196. The molecule has 0 radical (unpaired) electrons. The predicted molar refractivity (Wildman–Crippen MR) is 85.5 cm³/mol. The maximum Gasteiger partial charge on any atom is 0.0201 e. The van der Waals surface area contributed by atoms with E-state index in [4.69, 9.17) is 0 Å². The lowest BCUT2D eigenvalue weighted by Gasteiger charge is -2.24. The molecule has 0 aromatic heterocycles. The minimum atomic E-state index is 0.717. The van der Waals surface area contributed by atoms with Gasteiger partial charge in [0.2, 0.25) is 0 Å². The molecule has 1 nitrogen and oxygen atoms in total. The molecule has 3 unspecified atom stereocenters. The third-order valence-electron chi connectivity index (χ3n) is 4.07. The van der Waals surface area contributed by atoms with Crippen LogP contribution in [-0.2, 0) is 0 Å². The molecule has 0 aromatic carbocycles. The second kappa shape index (κ2) is 10.1. The summed E-state index contributed by atoms with van der Waals surface area (Å²) in [6.45, 7) is 6.96. The first-order valence-corrected chi connectivity index (χ1v) is 9.20. The van der Waals surface area contributed by atoms with Crippen molar-refractivity contribution in [2.75, 3.05) is 5.75 Å². The van der Waals surface area contributed by atoms with Crippen molar-refractivity contribution >= 4 is 11.8 Å². The SMILES string of the molecule is CCCCCCCC(C)NC1CCCC1SCC. The van der Waals surface area contributed by atoms with Gasteiger partial charge in [0.25, 0.3) is 0 Å². The molecule has 1 saturated carbocycles. The van der Waals surface area contributed by atoms with Crippen LogP contribution in [0.15, 0.2) is 0 Å². The molecule has 0 aliphatic heterocycles. The predicted octanol–water partition coefficient (Wildman–Crippen LogP) is 5.00. The Hall–Kier alpha value is 0.310. The Labute approximate surface area is 119 Å². The Balaban J connectivity index is 2.09. The number of thioether (sulfide) groups is 1. The normalized spacial score (nSPS) is 25.5. The maximum absolute atomic E-state index is 3.88. The van der Waals surface area contributed by atoms with Crippen LogP contribution >= 0.6 is 11.8 Å². The van der Waals surface area contributed by atoms with Crippen molar-refractivity contribution in [3.8, 4) is 0 Å². The van der Waals surface area contributed by atoms with E-state index in [0.717, 1.165) is 17.3 Å². The fourth-order valence-electron chi connectivity index (χ4n) is 3.03. The summed E-state index contributed by atoms with van der Waals surface area (Å²) in [5.74, 6) is 1.27. The van der Waals surface area contributed by atoms with Crippen molar-refractivity contribution in [1.29, 1.82) is 0 Å². The fraction of sp³-hybridized carbons (Fsp3) is 1.00. The van der Waals surface area contributed by atoms with Gasteiger partial charge in [0.15, 0.2) is 0 Å². The topological polar surface area (TPSA) is 12.0 Å². The molecule has 1 N–H and O–H groups in total. The smallest absolute Gasteiger partial charge is 0.0201 e. The van der Waals surface area contributed by atoms with Gasteiger partial charge in [-0.05, 0) is 31.9 Å². The lowest BCUT2D eigenvalue weighted by atomic mass is 10.1. The average molecular weight is 272 g/mol. The van der Waals surface area contributed by atoms with Gasteiger partial charge < -0.3 is 5.32 Å². The molecule has 1 fully saturated rings. The summed E-state index contributed by atoms with van der Waals surface area (Å²) in [7, 11) is 0. The van der Waals surface area contributed by atoms with Crippen molar-refractivity contribution in [2.45, 2.75) is 95.9 Å². The van der Waals surface area contributed by atoms with Crippen LogP contribution in [-0.4, -0.2) is 23.1 Å². The van der Waals surface area contributed by atoms with E-state index >= 15 is 0 Å². The first kappa shape index (κ1) is 16.4. The summed E-state index contributed by atoms with van der Waals surface area (Å²) < 4.78 is 0. The molecule has 0 saturated heterocycles. The summed E-state index contributed by atoms with van der Waals surface area (Å²) in [4.78, 5) is 0. The zero-order valence-electron chi connectivity index (χ0n) is 12.7. The highest BCUT2D eigenvalue weighted by Crippen LogP contribution is 2.30. The maximum atomic E-state index is 3.88. The van der Waals surface area contributed by atoms with Gasteiger partial charge in [-0.3, -0.25) is 0 Å². The van der Waals surface area contributed by atoms with Crippen molar-refractivity contribution in [3.63, 3.8) is 0 Å². The minimum Gasteiger partial charge on any atom is -0.310 e. The number of hydrogen-bond donors (Lipinski definition) is 1. The third kappa shape index (κ3) is 6.47. The van der Waals surface area contributed by atoms with E-state index in [1.807, 2.05) is 0 Å². The summed E-state index contributed by atoms with van der Waals surface area (Å²) in [5.41, 5.74) is 0. The lowest BCUT2D eigenvalue weighted by Crippen LogP contribution is -2.40. The summed E-state index contributed by atoms with van der Waals surface area (Å²) >= 11 is 2.16. The first-order valence-electron chi connectivity index (χ1n) is 8.15. The first-order chi connectivity index (χ1) is 8.77. The van der Waals surface area contributed by atoms with Crippen LogP contribution in [0.4, 0.5) is 0 Å². The zero-order chi connectivity index (χ0) is 13.2. The summed E-state index contributed by atoms with van der Waals surface area (Å²) in [6.07, 6.45) is 12.7. The van der Waals surface area contributed by atoms with Gasteiger partial charge in [0.05, 0.1) is 0 Å². The zero-order valence-corrected chi connectivity index (χ0v) is 13.5. The molecule has 0 spiro atoms. The quantitative estimate of drug-likeness (QED) is 0.561. The van der Waals surface area contributed by atoms with Crippen LogP contribution in [0.3, 0.4) is 0 Å². The van der Waals surface area contributed by atoms with E-state index in [2.05, 4.69) is 37.8 Å². The largest absolute Gasteiger partial charge is 0.310 e. The second-order valence-corrected chi connectivity index (χ2v) is 7.32. The molecule has 2 heteroatoms. The van der Waals surface area contributed by atoms with Crippen LogP contribution in [0.25, 0.3) is 0 Å². The molecule has 1 rings (SSSR count). The van der Waals surface area contributed by atoms with Crippen molar-refractivity contribution in [2.24, 2.45) is 0 Å². The Morgan fingerprint density at radius 2 is 1.89 bits per heavy atom. The molecular weight excluding hydrogens is 238 g/mol. The van der Waals surface area contributed by atoms with Crippen LogP contribution in [0.5, 0.6) is 0 Å². The van der Waals surface area contributed by atoms with E-state index in [1.165, 1.54) is 63.5 Å². The van der Waals surface area contributed by atoms with E-state index in [0.29, 0.717) is 0 Å². The van der Waals surface area contributed by atoms with Crippen LogP contribution < -0.4 is 5.32 Å². The molecule has 1 aliphatic carbocycles. The van der Waals surface area contributed by atoms with E-state index < -0.39 is 0 Å². The summed E-state index contributed by atoms with van der Waals surface area (Å²) in [6, 6.07) is 1.51. The highest BCUT2D eigenvalue weighted by atomic mass is 32.2. The molecule has 108 valence electrons. The number of unbranched alkanes of at least 4 members (excludes halogenated alkanes) is 4. The molecule has 0 aromatic rings. The standard InChI is InChI=1S/C16H33NS/c1-4-6-7-8-9-11-14(3)17-15-12-10-13-16(15)18-5-2/h14-17H,4-13H2,1-3H3. The highest BCUT2D eigenvalue weighted by molar-refractivity contribution is 7.99. The van der Waals surface area contributed by atoms with E-state index in [9.17, 15) is 0 Å². The van der Waals surface area contributed by atoms with Gasteiger partial charge in [-0.25, -0.2) is 0 Å². The molecular formula is C16H33NS. The third-order valence-corrected chi connectivity index (χ3v) is 5.40. The minimum absolute atomic E-state index is 0.717. The van der Waals surface area contributed by atoms with Gasteiger partial charge in [-0.15, -0.1) is 0 Å². The average Bonchev–Trinajstić information content (AvgIpc) is 2.77. The van der Waals surface area contributed by atoms with Crippen LogP contribution in [0, 0.1) is 0 Å². The lowest BCUT2D eigenvalue weighted by molar-refractivity contribution is 0.421. The molecule has 0 heterocycles. The van der Waals surface area contributed by atoms with Gasteiger partial charge in [-0.1, -0.05) is 52.4 Å². The fourth-order valence-corrected chi connectivity index (χ4v) is 4.24. The number of rotatable bonds is 10. The van der Waals surface area contributed by atoms with Crippen molar-refractivity contribution in [3.05, 3.63) is 0 Å². The molecule has 1 aliphatic rings.